The molecule has 5 heteroatoms. The Balaban J connectivity index is 0.00000121. The minimum absolute atomic E-state index is 0. The average Bonchev–Trinajstić information content (AvgIpc) is 1.85. The summed E-state index contributed by atoms with van der Waals surface area (Å²) in [6.07, 6.45) is 1.33. The second-order valence-corrected chi connectivity index (χ2v) is 2.21. The van der Waals surface area contributed by atoms with Gasteiger partial charge in [0, 0.05) is 17.0 Å². The Morgan fingerprint density at radius 1 is 1.33 bits per heavy atom. The van der Waals surface area contributed by atoms with Gasteiger partial charge in [-0.25, -0.2) is 9.97 Å². The van der Waals surface area contributed by atoms with Crippen LogP contribution in [0.2, 0.25) is 0 Å². The number of aromatic carboxylic acids is 1. The Labute approximate surface area is 92.3 Å². The SMILES string of the molecule is Cc1ncnc(C)c1C(=O)[O-].[Na+]. The van der Waals surface area contributed by atoms with Crippen LogP contribution >= 0.6 is 0 Å². The van der Waals surface area contributed by atoms with E-state index in [0.717, 1.165) is 0 Å². The summed E-state index contributed by atoms with van der Waals surface area (Å²) in [7, 11) is 0. The first-order chi connectivity index (χ1) is 5.13. The van der Waals surface area contributed by atoms with Gasteiger partial charge in [-0.3, -0.25) is 0 Å². The molecule has 0 unspecified atom stereocenters. The zero-order valence-electron chi connectivity index (χ0n) is 7.29. The van der Waals surface area contributed by atoms with Gasteiger partial charge < -0.3 is 9.90 Å². The van der Waals surface area contributed by atoms with E-state index in [4.69, 9.17) is 0 Å². The van der Waals surface area contributed by atoms with E-state index < -0.39 is 5.97 Å². The van der Waals surface area contributed by atoms with Crippen LogP contribution in [0.3, 0.4) is 0 Å². The van der Waals surface area contributed by atoms with Gasteiger partial charge in [-0.1, -0.05) is 0 Å². The molecule has 0 amide bonds. The number of hydrogen-bond acceptors (Lipinski definition) is 4. The van der Waals surface area contributed by atoms with Crippen LogP contribution in [0.15, 0.2) is 6.33 Å². The predicted molar refractivity (Wildman–Crippen MR) is 35.8 cm³/mol. The van der Waals surface area contributed by atoms with Crippen molar-refractivity contribution in [1.82, 2.24) is 9.97 Å². The van der Waals surface area contributed by atoms with E-state index in [0.29, 0.717) is 11.4 Å². The molecule has 1 aromatic heterocycles. The third kappa shape index (κ3) is 2.27. The molecular formula is C7H7N2NaO2. The maximum atomic E-state index is 10.5. The van der Waals surface area contributed by atoms with Gasteiger partial charge in [-0.05, 0) is 13.8 Å². The van der Waals surface area contributed by atoms with Crippen molar-refractivity contribution in [2.24, 2.45) is 0 Å². The fraction of sp³-hybridized carbons (Fsp3) is 0.286. The number of nitrogens with zero attached hydrogens (tertiary/aromatic N) is 2. The zero-order valence-corrected chi connectivity index (χ0v) is 9.29. The number of carbonyl (C=O) groups excluding carboxylic acids is 1. The van der Waals surface area contributed by atoms with E-state index in [9.17, 15) is 9.90 Å². The van der Waals surface area contributed by atoms with Crippen LogP contribution in [0.5, 0.6) is 0 Å². The number of hydrogen-bond donors (Lipinski definition) is 0. The van der Waals surface area contributed by atoms with Gasteiger partial charge in [-0.2, -0.15) is 0 Å². The second-order valence-electron chi connectivity index (χ2n) is 2.21. The number of carbonyl (C=O) groups is 1. The first kappa shape index (κ1) is 11.6. The van der Waals surface area contributed by atoms with Crippen LogP contribution in [-0.2, 0) is 0 Å². The second kappa shape index (κ2) is 4.54. The molecule has 0 atom stereocenters. The molecule has 0 aliphatic carbocycles. The van der Waals surface area contributed by atoms with E-state index in [1.165, 1.54) is 6.33 Å². The van der Waals surface area contributed by atoms with Crippen molar-refractivity contribution in [3.8, 4) is 0 Å². The fourth-order valence-electron chi connectivity index (χ4n) is 0.888. The fourth-order valence-corrected chi connectivity index (χ4v) is 0.888. The molecule has 0 aromatic carbocycles. The van der Waals surface area contributed by atoms with Gasteiger partial charge in [-0.15, -0.1) is 0 Å². The molecule has 1 heterocycles. The number of aryl methyl sites for hydroxylation is 2. The van der Waals surface area contributed by atoms with Crippen molar-refractivity contribution in [2.75, 3.05) is 0 Å². The third-order valence-corrected chi connectivity index (χ3v) is 1.43. The van der Waals surface area contributed by atoms with E-state index >= 15 is 0 Å². The summed E-state index contributed by atoms with van der Waals surface area (Å²) in [6.45, 7) is 3.22. The van der Waals surface area contributed by atoms with Crippen molar-refractivity contribution in [1.29, 1.82) is 0 Å². The topological polar surface area (TPSA) is 65.9 Å². The Morgan fingerprint density at radius 2 is 1.75 bits per heavy atom. The molecule has 1 aromatic rings. The van der Waals surface area contributed by atoms with E-state index in [1.807, 2.05) is 0 Å². The van der Waals surface area contributed by atoms with Crippen molar-refractivity contribution in [2.45, 2.75) is 13.8 Å². The first-order valence-electron chi connectivity index (χ1n) is 3.12. The summed E-state index contributed by atoms with van der Waals surface area (Å²) in [4.78, 5) is 17.9. The molecule has 0 aliphatic heterocycles. The summed E-state index contributed by atoms with van der Waals surface area (Å²) in [6, 6.07) is 0. The quantitative estimate of drug-likeness (QED) is 0.414. The molecule has 12 heavy (non-hydrogen) atoms. The van der Waals surface area contributed by atoms with Crippen LogP contribution in [-0.4, -0.2) is 15.9 Å². The van der Waals surface area contributed by atoms with Crippen molar-refractivity contribution >= 4 is 5.97 Å². The van der Waals surface area contributed by atoms with E-state index in [2.05, 4.69) is 9.97 Å². The monoisotopic (exact) mass is 174 g/mol. The van der Waals surface area contributed by atoms with Gasteiger partial charge in [0.1, 0.15) is 6.33 Å². The predicted octanol–water partition coefficient (Wildman–Crippen LogP) is -3.54. The summed E-state index contributed by atoms with van der Waals surface area (Å²) < 4.78 is 0. The number of carboxylic acid groups (broad SMARTS) is 1. The normalized spacial score (nSPS) is 8.83. The molecule has 0 aliphatic rings. The number of aromatic nitrogens is 2. The van der Waals surface area contributed by atoms with Gasteiger partial charge in [0.25, 0.3) is 0 Å². The number of rotatable bonds is 1. The Bertz CT molecular complexity index is 281. The first-order valence-corrected chi connectivity index (χ1v) is 3.12. The van der Waals surface area contributed by atoms with Crippen LogP contribution in [0.4, 0.5) is 0 Å². The van der Waals surface area contributed by atoms with Crippen LogP contribution < -0.4 is 34.7 Å². The van der Waals surface area contributed by atoms with Gasteiger partial charge in [0.05, 0.1) is 5.97 Å². The summed E-state index contributed by atoms with van der Waals surface area (Å²) in [5.41, 5.74) is 0.975. The van der Waals surface area contributed by atoms with Crippen molar-refractivity contribution in [3.63, 3.8) is 0 Å². The van der Waals surface area contributed by atoms with Crippen molar-refractivity contribution < 1.29 is 39.5 Å². The molecule has 0 radical (unpaired) electrons. The Hall–Kier alpha value is -0.450. The van der Waals surface area contributed by atoms with Crippen LogP contribution in [0.1, 0.15) is 21.7 Å². The molecule has 58 valence electrons. The third-order valence-electron chi connectivity index (χ3n) is 1.43. The molecule has 4 nitrogen and oxygen atoms in total. The number of carboxylic acids is 1. The minimum atomic E-state index is -1.22. The smallest absolute Gasteiger partial charge is 0.545 e. The maximum Gasteiger partial charge on any atom is 1.00 e. The van der Waals surface area contributed by atoms with E-state index in [1.54, 1.807) is 13.8 Å². The largest absolute Gasteiger partial charge is 1.00 e. The average molecular weight is 174 g/mol. The summed E-state index contributed by atoms with van der Waals surface area (Å²) in [5.74, 6) is -1.22. The van der Waals surface area contributed by atoms with Crippen LogP contribution in [0.25, 0.3) is 0 Å². The Morgan fingerprint density at radius 3 is 2.00 bits per heavy atom. The molecule has 0 saturated heterocycles. The molecule has 0 fully saturated rings. The molecular weight excluding hydrogens is 167 g/mol. The van der Waals surface area contributed by atoms with Gasteiger partial charge >= 0.3 is 29.6 Å². The van der Waals surface area contributed by atoms with Gasteiger partial charge in [0.15, 0.2) is 0 Å². The van der Waals surface area contributed by atoms with E-state index in [-0.39, 0.29) is 35.1 Å². The molecule has 0 bridgehead atoms. The molecule has 0 saturated carbocycles. The molecule has 1 rings (SSSR count). The summed E-state index contributed by atoms with van der Waals surface area (Å²) >= 11 is 0. The van der Waals surface area contributed by atoms with Gasteiger partial charge in [0.2, 0.25) is 0 Å². The minimum Gasteiger partial charge on any atom is -0.545 e. The molecule has 0 spiro atoms. The molecule has 0 N–H and O–H groups in total. The Kier molecular flexibility index (Phi) is 4.37. The van der Waals surface area contributed by atoms with Crippen molar-refractivity contribution in [3.05, 3.63) is 23.3 Å². The maximum absolute atomic E-state index is 10.5. The summed E-state index contributed by atoms with van der Waals surface area (Å²) in [5, 5.41) is 10.5. The standard InChI is InChI=1S/C7H8N2O2.Na/c1-4-6(7(10)11)5(2)9-3-8-4;/h3H,1-2H3,(H,10,11);/q;+1/p-1. The zero-order chi connectivity index (χ0) is 8.43. The van der Waals surface area contributed by atoms with Crippen LogP contribution in [0, 0.1) is 13.8 Å².